The van der Waals surface area contributed by atoms with Crippen LogP contribution in [-0.4, -0.2) is 12.6 Å². The molecular weight excluding hydrogens is 230 g/mol. The summed E-state index contributed by atoms with van der Waals surface area (Å²) in [5.41, 5.74) is 2.03. The Hall–Kier alpha value is -0.300. The lowest BCUT2D eigenvalue weighted by Gasteiger charge is -2.36. The van der Waals surface area contributed by atoms with Crippen molar-refractivity contribution >= 4 is 0 Å². The van der Waals surface area contributed by atoms with E-state index in [4.69, 9.17) is 0 Å². The summed E-state index contributed by atoms with van der Waals surface area (Å²) in [6, 6.07) is 0.542. The quantitative estimate of drug-likeness (QED) is 0.676. The minimum Gasteiger partial charge on any atom is -0.311 e. The van der Waals surface area contributed by atoms with E-state index in [1.165, 1.54) is 37.7 Å². The van der Waals surface area contributed by atoms with Crippen LogP contribution in [0.5, 0.6) is 0 Å². The van der Waals surface area contributed by atoms with E-state index in [0.29, 0.717) is 11.5 Å². The highest BCUT2D eigenvalue weighted by Crippen LogP contribution is 2.40. The second-order valence-electron chi connectivity index (χ2n) is 7.56. The van der Waals surface area contributed by atoms with Crippen molar-refractivity contribution in [2.45, 2.75) is 79.7 Å². The fraction of sp³-hybridized carbons (Fsp3) is 0.889. The van der Waals surface area contributed by atoms with Gasteiger partial charge in [0, 0.05) is 6.04 Å². The summed E-state index contributed by atoms with van der Waals surface area (Å²) in [4.78, 5) is 0. The fourth-order valence-corrected chi connectivity index (χ4v) is 3.19. The molecule has 0 heterocycles. The molecule has 0 aromatic carbocycles. The second kappa shape index (κ2) is 7.47. The third kappa shape index (κ3) is 5.69. The van der Waals surface area contributed by atoms with Gasteiger partial charge < -0.3 is 5.32 Å². The Labute approximate surface area is 121 Å². The summed E-state index contributed by atoms with van der Waals surface area (Å²) in [5, 5.41) is 3.59. The van der Waals surface area contributed by atoms with Gasteiger partial charge in [-0.25, -0.2) is 0 Å². The second-order valence-corrected chi connectivity index (χ2v) is 7.56. The Kier molecular flexibility index (Phi) is 6.59. The normalized spacial score (nSPS) is 27.4. The summed E-state index contributed by atoms with van der Waals surface area (Å²) in [5.74, 6) is 1.75. The lowest BCUT2D eigenvalue weighted by molar-refractivity contribution is 0.162. The van der Waals surface area contributed by atoms with Crippen molar-refractivity contribution in [2.75, 3.05) is 6.54 Å². The van der Waals surface area contributed by atoms with Crippen LogP contribution in [0.25, 0.3) is 0 Å². The number of allylic oxidation sites excluding steroid dienone is 1. The zero-order valence-electron chi connectivity index (χ0n) is 14.1. The van der Waals surface area contributed by atoms with Gasteiger partial charge in [0.25, 0.3) is 0 Å². The van der Waals surface area contributed by atoms with Gasteiger partial charge in [-0.1, -0.05) is 39.3 Å². The molecule has 1 saturated carbocycles. The van der Waals surface area contributed by atoms with Gasteiger partial charge in [0.05, 0.1) is 0 Å². The minimum atomic E-state index is 0.500. The SMILES string of the molecule is CCCNC(C)C(C)=CC1CCC(C(C)(C)C)CC1. The molecule has 1 aliphatic rings. The van der Waals surface area contributed by atoms with Crippen molar-refractivity contribution < 1.29 is 0 Å². The van der Waals surface area contributed by atoms with Gasteiger partial charge >= 0.3 is 0 Å². The first kappa shape index (κ1) is 16.8. The monoisotopic (exact) mass is 265 g/mol. The number of nitrogens with one attached hydrogen (secondary N) is 1. The highest BCUT2D eigenvalue weighted by atomic mass is 14.9. The van der Waals surface area contributed by atoms with E-state index in [2.05, 4.69) is 52.9 Å². The van der Waals surface area contributed by atoms with Crippen molar-refractivity contribution in [3.05, 3.63) is 11.6 Å². The lowest BCUT2D eigenvalue weighted by Crippen LogP contribution is -2.29. The molecule has 0 aliphatic heterocycles. The van der Waals surface area contributed by atoms with Gasteiger partial charge in [-0.2, -0.15) is 0 Å². The zero-order valence-corrected chi connectivity index (χ0v) is 14.1. The van der Waals surface area contributed by atoms with Gasteiger partial charge in [0.2, 0.25) is 0 Å². The highest BCUT2D eigenvalue weighted by molar-refractivity contribution is 5.09. The number of hydrogen-bond acceptors (Lipinski definition) is 1. The zero-order chi connectivity index (χ0) is 14.5. The van der Waals surface area contributed by atoms with Crippen molar-refractivity contribution in [3.63, 3.8) is 0 Å². The molecule has 0 saturated heterocycles. The Balaban J connectivity index is 2.43. The molecule has 0 radical (unpaired) electrons. The molecule has 1 heteroatoms. The van der Waals surface area contributed by atoms with Crippen LogP contribution in [0.4, 0.5) is 0 Å². The first-order valence-corrected chi connectivity index (χ1v) is 8.26. The number of rotatable bonds is 5. The predicted octanol–water partition coefficient (Wildman–Crippen LogP) is 5.17. The average molecular weight is 265 g/mol. The molecule has 0 bridgehead atoms. The molecule has 1 rings (SSSR count). The van der Waals surface area contributed by atoms with Crippen LogP contribution in [0, 0.1) is 17.3 Å². The highest BCUT2D eigenvalue weighted by Gasteiger charge is 2.29. The molecule has 0 amide bonds. The van der Waals surface area contributed by atoms with Crippen molar-refractivity contribution in [1.29, 1.82) is 0 Å². The van der Waals surface area contributed by atoms with Crippen LogP contribution < -0.4 is 5.32 Å². The van der Waals surface area contributed by atoms with Gasteiger partial charge in [0.1, 0.15) is 0 Å². The van der Waals surface area contributed by atoms with Crippen molar-refractivity contribution in [3.8, 4) is 0 Å². The molecule has 1 N–H and O–H groups in total. The molecule has 1 fully saturated rings. The first-order chi connectivity index (χ1) is 8.84. The van der Waals surface area contributed by atoms with Crippen LogP contribution in [-0.2, 0) is 0 Å². The molecule has 19 heavy (non-hydrogen) atoms. The standard InChI is InChI=1S/C18H35N/c1-7-12-19-15(3)14(2)13-16-8-10-17(11-9-16)18(4,5)6/h13,15-17,19H,7-12H2,1-6H3. The molecule has 0 spiro atoms. The van der Waals surface area contributed by atoms with Gasteiger partial charge in [-0.05, 0) is 69.7 Å². The molecule has 1 aliphatic carbocycles. The maximum atomic E-state index is 3.59. The van der Waals surface area contributed by atoms with Crippen LogP contribution in [0.15, 0.2) is 11.6 Å². The molecule has 112 valence electrons. The molecular formula is C18H35N. The maximum absolute atomic E-state index is 3.59. The Morgan fingerprint density at radius 2 is 1.79 bits per heavy atom. The fourth-order valence-electron chi connectivity index (χ4n) is 3.19. The Morgan fingerprint density at radius 1 is 1.21 bits per heavy atom. The molecule has 1 nitrogen and oxygen atoms in total. The predicted molar refractivity (Wildman–Crippen MR) is 86.4 cm³/mol. The van der Waals surface area contributed by atoms with E-state index in [-0.39, 0.29) is 0 Å². The third-order valence-electron chi connectivity index (χ3n) is 4.88. The summed E-state index contributed by atoms with van der Waals surface area (Å²) < 4.78 is 0. The minimum absolute atomic E-state index is 0.500. The Bertz CT molecular complexity index is 277. The van der Waals surface area contributed by atoms with Crippen LogP contribution >= 0.6 is 0 Å². The van der Waals surface area contributed by atoms with Crippen LogP contribution in [0.1, 0.15) is 73.6 Å². The van der Waals surface area contributed by atoms with E-state index in [9.17, 15) is 0 Å². The van der Waals surface area contributed by atoms with Crippen molar-refractivity contribution in [1.82, 2.24) is 5.32 Å². The maximum Gasteiger partial charge on any atom is 0.0248 e. The largest absolute Gasteiger partial charge is 0.311 e. The van der Waals surface area contributed by atoms with E-state index >= 15 is 0 Å². The topological polar surface area (TPSA) is 12.0 Å². The first-order valence-electron chi connectivity index (χ1n) is 8.26. The molecule has 1 atom stereocenters. The molecule has 0 aromatic heterocycles. The lowest BCUT2D eigenvalue weighted by atomic mass is 9.69. The van der Waals surface area contributed by atoms with Gasteiger partial charge in [-0.3, -0.25) is 0 Å². The van der Waals surface area contributed by atoms with Gasteiger partial charge in [0.15, 0.2) is 0 Å². The van der Waals surface area contributed by atoms with E-state index in [0.717, 1.165) is 18.4 Å². The van der Waals surface area contributed by atoms with Crippen molar-refractivity contribution in [2.24, 2.45) is 17.3 Å². The summed E-state index contributed by atoms with van der Waals surface area (Å²) in [6.45, 7) is 15.1. The average Bonchev–Trinajstić information content (AvgIpc) is 2.35. The summed E-state index contributed by atoms with van der Waals surface area (Å²) >= 11 is 0. The van der Waals surface area contributed by atoms with Gasteiger partial charge in [-0.15, -0.1) is 0 Å². The number of hydrogen-bond donors (Lipinski definition) is 1. The van der Waals surface area contributed by atoms with Crippen LogP contribution in [0.2, 0.25) is 0 Å². The molecule has 0 aromatic rings. The summed E-state index contributed by atoms with van der Waals surface area (Å²) in [6.07, 6.45) is 9.36. The molecule has 1 unspecified atom stereocenters. The Morgan fingerprint density at radius 3 is 2.26 bits per heavy atom. The van der Waals surface area contributed by atoms with Crippen LogP contribution in [0.3, 0.4) is 0 Å². The van der Waals surface area contributed by atoms with E-state index in [1.807, 2.05) is 0 Å². The van der Waals surface area contributed by atoms with E-state index < -0.39 is 0 Å². The smallest absolute Gasteiger partial charge is 0.0248 e. The summed E-state index contributed by atoms with van der Waals surface area (Å²) in [7, 11) is 0. The van der Waals surface area contributed by atoms with E-state index in [1.54, 1.807) is 0 Å². The third-order valence-corrected chi connectivity index (χ3v) is 4.88.